The highest BCUT2D eigenvalue weighted by Crippen LogP contribution is 2.22. The molecule has 0 spiro atoms. The van der Waals surface area contributed by atoms with Gasteiger partial charge in [0, 0.05) is 26.4 Å². The molecule has 5 amide bonds. The minimum Gasteiger partial charge on any atom is -0.357 e. The molecule has 0 saturated heterocycles. The van der Waals surface area contributed by atoms with Crippen molar-refractivity contribution in [2.75, 3.05) is 13.6 Å². The molecule has 0 aromatic heterocycles. The largest absolute Gasteiger partial charge is 0.357 e. The molecule has 0 aliphatic carbocycles. The first-order chi connectivity index (χ1) is 18.2. The fourth-order valence-electron chi connectivity index (χ4n) is 4.47. The van der Waals surface area contributed by atoms with Gasteiger partial charge in [-0.3, -0.25) is 28.9 Å². The fraction of sp³-hybridized carbons (Fsp3) is 0.414. The van der Waals surface area contributed by atoms with Crippen LogP contribution in [0.5, 0.6) is 0 Å². The van der Waals surface area contributed by atoms with Crippen molar-refractivity contribution in [3.05, 3.63) is 71.3 Å². The first kappa shape index (κ1) is 28.6. The van der Waals surface area contributed by atoms with Crippen LogP contribution in [0.25, 0.3) is 0 Å². The zero-order valence-electron chi connectivity index (χ0n) is 22.2. The summed E-state index contributed by atoms with van der Waals surface area (Å²) in [6.45, 7) is 4.13. The number of amides is 5. The number of nitrogens with one attached hydrogen (secondary N) is 3. The van der Waals surface area contributed by atoms with Crippen LogP contribution in [-0.2, 0) is 20.8 Å². The Morgan fingerprint density at radius 3 is 1.97 bits per heavy atom. The summed E-state index contributed by atoms with van der Waals surface area (Å²) >= 11 is 0. The molecule has 1 heterocycles. The first-order valence-electron chi connectivity index (χ1n) is 13.0. The average molecular weight is 521 g/mol. The lowest BCUT2D eigenvalue weighted by atomic mass is 10.0. The van der Waals surface area contributed by atoms with Gasteiger partial charge in [0.05, 0.1) is 11.1 Å². The summed E-state index contributed by atoms with van der Waals surface area (Å²) < 4.78 is 0. The molecule has 9 nitrogen and oxygen atoms in total. The van der Waals surface area contributed by atoms with E-state index >= 15 is 0 Å². The molecule has 2 aromatic carbocycles. The number of carbonyl (C=O) groups is 5. The van der Waals surface area contributed by atoms with E-state index in [2.05, 4.69) is 16.0 Å². The van der Waals surface area contributed by atoms with E-state index in [0.717, 1.165) is 5.56 Å². The van der Waals surface area contributed by atoms with Crippen LogP contribution >= 0.6 is 0 Å². The van der Waals surface area contributed by atoms with E-state index in [9.17, 15) is 24.0 Å². The molecule has 0 bridgehead atoms. The third-order valence-electron chi connectivity index (χ3n) is 6.43. The van der Waals surface area contributed by atoms with Gasteiger partial charge >= 0.3 is 0 Å². The van der Waals surface area contributed by atoms with Gasteiger partial charge in [-0.1, -0.05) is 56.3 Å². The Morgan fingerprint density at radius 2 is 1.39 bits per heavy atom. The second kappa shape index (κ2) is 13.5. The fourth-order valence-corrected chi connectivity index (χ4v) is 4.47. The van der Waals surface area contributed by atoms with E-state index in [1.165, 1.54) is 11.9 Å². The number of unbranched alkanes of at least 4 members (excludes halogenated alkanes) is 1. The normalized spacial score (nSPS) is 14.2. The Bertz CT molecular complexity index is 1130. The molecule has 1 aliphatic heterocycles. The molecule has 0 radical (unpaired) electrons. The molecule has 0 unspecified atom stereocenters. The van der Waals surface area contributed by atoms with Gasteiger partial charge in [-0.15, -0.1) is 0 Å². The Hall–Kier alpha value is -4.01. The quantitative estimate of drug-likeness (QED) is 0.276. The summed E-state index contributed by atoms with van der Waals surface area (Å²) in [5.74, 6) is -1.53. The van der Waals surface area contributed by atoms with Crippen molar-refractivity contribution < 1.29 is 24.0 Å². The maximum Gasteiger partial charge on any atom is 0.261 e. The molecular formula is C29H36N4O5. The zero-order chi connectivity index (χ0) is 27.7. The van der Waals surface area contributed by atoms with Crippen molar-refractivity contribution in [3.8, 4) is 0 Å². The van der Waals surface area contributed by atoms with Crippen molar-refractivity contribution in [1.29, 1.82) is 0 Å². The lowest BCUT2D eigenvalue weighted by Crippen LogP contribution is -2.54. The smallest absolute Gasteiger partial charge is 0.261 e. The Labute approximate surface area is 223 Å². The van der Waals surface area contributed by atoms with Crippen LogP contribution < -0.4 is 16.0 Å². The van der Waals surface area contributed by atoms with Crippen molar-refractivity contribution in [2.45, 2.75) is 58.0 Å². The highest BCUT2D eigenvalue weighted by molar-refractivity contribution is 6.21. The van der Waals surface area contributed by atoms with Gasteiger partial charge in [0.2, 0.25) is 17.7 Å². The first-order valence-corrected chi connectivity index (χ1v) is 13.0. The number of nitrogens with zero attached hydrogens (tertiary/aromatic N) is 1. The van der Waals surface area contributed by atoms with Crippen LogP contribution in [0.3, 0.4) is 0 Å². The molecule has 9 heteroatoms. The highest BCUT2D eigenvalue weighted by atomic mass is 16.2. The number of carbonyl (C=O) groups excluding carboxylic acids is 5. The summed E-state index contributed by atoms with van der Waals surface area (Å²) in [5, 5.41) is 8.19. The van der Waals surface area contributed by atoms with Crippen LogP contribution in [-0.4, -0.2) is 60.1 Å². The topological polar surface area (TPSA) is 125 Å². The number of imide groups is 1. The molecule has 0 fully saturated rings. The number of hydrogen-bond acceptors (Lipinski definition) is 5. The summed E-state index contributed by atoms with van der Waals surface area (Å²) in [7, 11) is 1.52. The second-order valence-corrected chi connectivity index (χ2v) is 9.88. The highest BCUT2D eigenvalue weighted by Gasteiger charge is 2.34. The maximum absolute atomic E-state index is 13.1. The molecule has 0 saturated carbocycles. The second-order valence-electron chi connectivity index (χ2n) is 9.88. The van der Waals surface area contributed by atoms with Gasteiger partial charge in [0.25, 0.3) is 11.8 Å². The van der Waals surface area contributed by atoms with Gasteiger partial charge in [0.1, 0.15) is 12.1 Å². The van der Waals surface area contributed by atoms with Crippen LogP contribution in [0, 0.1) is 5.92 Å². The predicted octanol–water partition coefficient (Wildman–Crippen LogP) is 2.46. The van der Waals surface area contributed by atoms with Crippen LogP contribution in [0.2, 0.25) is 0 Å². The Kier molecular flexibility index (Phi) is 10.2. The summed E-state index contributed by atoms with van der Waals surface area (Å²) in [4.78, 5) is 64.5. The standard InChI is InChI=1S/C29H36N4O5/c1-19(2)17-23(27(36)32-24(26(35)30-3)18-20-11-5-4-6-12-20)31-25(34)15-9-10-16-33-28(37)21-13-7-8-14-22(21)29(33)38/h4-8,11-14,19,23-24H,9-10,15-18H2,1-3H3,(H,30,35)(H,31,34)(H,32,36)/t23-,24-/m0/s1. The molecule has 2 atom stereocenters. The van der Waals surface area contributed by atoms with Gasteiger partial charge in [-0.25, -0.2) is 0 Å². The number of hydrogen-bond donors (Lipinski definition) is 3. The predicted molar refractivity (Wildman–Crippen MR) is 143 cm³/mol. The number of fused-ring (bicyclic) bond motifs is 1. The molecule has 2 aromatic rings. The maximum atomic E-state index is 13.1. The summed E-state index contributed by atoms with van der Waals surface area (Å²) in [6.07, 6.45) is 1.80. The van der Waals surface area contributed by atoms with E-state index < -0.39 is 18.0 Å². The number of rotatable bonds is 13. The van der Waals surface area contributed by atoms with E-state index in [1.54, 1.807) is 24.3 Å². The van der Waals surface area contributed by atoms with E-state index in [1.807, 2.05) is 44.2 Å². The SMILES string of the molecule is CNC(=O)[C@H](Cc1ccccc1)NC(=O)[C@H](CC(C)C)NC(=O)CCCCN1C(=O)c2ccccc2C1=O. The molecule has 1 aliphatic rings. The van der Waals surface area contributed by atoms with Crippen molar-refractivity contribution >= 4 is 29.5 Å². The van der Waals surface area contributed by atoms with Crippen LogP contribution in [0.15, 0.2) is 54.6 Å². The minimum absolute atomic E-state index is 0.132. The number of likely N-dealkylation sites (N-methyl/N-ethyl adjacent to an activating group) is 1. The Balaban J connectivity index is 1.52. The molecule has 3 N–H and O–H groups in total. The van der Waals surface area contributed by atoms with Gasteiger partial charge < -0.3 is 16.0 Å². The van der Waals surface area contributed by atoms with E-state index in [4.69, 9.17) is 0 Å². The molecule has 3 rings (SSSR count). The van der Waals surface area contributed by atoms with Crippen molar-refractivity contribution in [1.82, 2.24) is 20.9 Å². The van der Waals surface area contributed by atoms with Crippen LogP contribution in [0.4, 0.5) is 0 Å². The summed E-state index contributed by atoms with van der Waals surface area (Å²) in [5.41, 5.74) is 1.71. The van der Waals surface area contributed by atoms with Gasteiger partial charge in [0.15, 0.2) is 0 Å². The molecular weight excluding hydrogens is 484 g/mol. The molecule has 202 valence electrons. The van der Waals surface area contributed by atoms with Gasteiger partial charge in [-0.2, -0.15) is 0 Å². The van der Waals surface area contributed by atoms with Gasteiger partial charge in [-0.05, 0) is 42.9 Å². The van der Waals surface area contributed by atoms with E-state index in [0.29, 0.717) is 36.8 Å². The lowest BCUT2D eigenvalue weighted by molar-refractivity contribution is -0.132. The van der Waals surface area contributed by atoms with Crippen molar-refractivity contribution in [3.63, 3.8) is 0 Å². The van der Waals surface area contributed by atoms with Crippen LogP contribution in [0.1, 0.15) is 65.8 Å². The zero-order valence-corrected chi connectivity index (χ0v) is 22.2. The third kappa shape index (κ3) is 7.50. The lowest BCUT2D eigenvalue weighted by Gasteiger charge is -2.24. The summed E-state index contributed by atoms with van der Waals surface area (Å²) in [6, 6.07) is 14.5. The minimum atomic E-state index is -0.790. The van der Waals surface area contributed by atoms with E-state index in [-0.39, 0.29) is 42.5 Å². The Morgan fingerprint density at radius 1 is 0.789 bits per heavy atom. The molecule has 38 heavy (non-hydrogen) atoms. The van der Waals surface area contributed by atoms with Crippen molar-refractivity contribution in [2.24, 2.45) is 5.92 Å². The number of benzene rings is 2. The monoisotopic (exact) mass is 520 g/mol. The third-order valence-corrected chi connectivity index (χ3v) is 6.43. The average Bonchev–Trinajstić information content (AvgIpc) is 3.15.